The summed E-state index contributed by atoms with van der Waals surface area (Å²) < 4.78 is 6.23. The monoisotopic (exact) mass is 685 g/mol. The van der Waals surface area contributed by atoms with E-state index in [0.717, 1.165) is 36.6 Å². The van der Waals surface area contributed by atoms with Crippen LogP contribution in [0.15, 0.2) is 60.9 Å². The van der Waals surface area contributed by atoms with Crippen molar-refractivity contribution in [3.05, 3.63) is 51.1 Å². The first-order valence-corrected chi connectivity index (χ1v) is 11.9. The van der Waals surface area contributed by atoms with Gasteiger partial charge < -0.3 is 0 Å². The summed E-state index contributed by atoms with van der Waals surface area (Å²) in [5.41, 5.74) is 0. The topological polar surface area (TPSA) is 0 Å². The van der Waals surface area contributed by atoms with E-state index in [1.165, 1.54) is 0 Å². The number of rotatable bonds is 3. The normalized spacial score (nSPS) is 10.9. The van der Waals surface area contributed by atoms with E-state index in [4.69, 9.17) is 0 Å². The summed E-state index contributed by atoms with van der Waals surface area (Å²) in [6.07, 6.45) is 0. The molecule has 0 fully saturated rings. The standard InChI is InChI=1S/C12H4Br6S2/c13-5-1-3-7(11(17)9(5)15)19-20-8-4-2-6(14)10(16)12(8)18/h1-4H. The number of benzene rings is 2. The summed E-state index contributed by atoms with van der Waals surface area (Å²) in [5, 5.41) is 0. The molecule has 106 valence electrons. The van der Waals surface area contributed by atoms with Crippen LogP contribution in [0.5, 0.6) is 0 Å². The summed E-state index contributed by atoms with van der Waals surface area (Å²) in [4.78, 5) is 2.33. The van der Waals surface area contributed by atoms with Gasteiger partial charge in [0.25, 0.3) is 0 Å². The maximum atomic E-state index is 3.61. The molecule has 2 aromatic rings. The second-order valence-corrected chi connectivity index (χ2v) is 10.6. The highest BCUT2D eigenvalue weighted by Crippen LogP contribution is 2.48. The van der Waals surface area contributed by atoms with Crippen LogP contribution in [0.25, 0.3) is 0 Å². The molecular formula is C12H4Br6S2. The van der Waals surface area contributed by atoms with Crippen molar-refractivity contribution in [1.82, 2.24) is 0 Å². The Morgan fingerprint density at radius 1 is 0.500 bits per heavy atom. The maximum absolute atomic E-state index is 3.61. The van der Waals surface area contributed by atoms with E-state index in [9.17, 15) is 0 Å². The van der Waals surface area contributed by atoms with Crippen molar-refractivity contribution < 1.29 is 0 Å². The Morgan fingerprint density at radius 2 is 0.850 bits per heavy atom. The van der Waals surface area contributed by atoms with E-state index in [2.05, 4.69) is 108 Å². The number of halogens is 6. The smallest absolute Gasteiger partial charge is 0.0473 e. The minimum atomic E-state index is 1.03. The van der Waals surface area contributed by atoms with E-state index in [0.29, 0.717) is 0 Å². The minimum absolute atomic E-state index is 1.03. The van der Waals surface area contributed by atoms with Gasteiger partial charge in [0.1, 0.15) is 0 Å². The molecule has 2 rings (SSSR count). The maximum Gasteiger partial charge on any atom is 0.0473 e. The number of hydrogen-bond acceptors (Lipinski definition) is 2. The summed E-state index contributed by atoms with van der Waals surface area (Å²) in [7, 11) is 3.41. The third-order valence-corrected chi connectivity index (χ3v) is 11.9. The van der Waals surface area contributed by atoms with Crippen LogP contribution in [0, 0.1) is 0 Å². The lowest BCUT2D eigenvalue weighted by Gasteiger charge is -2.09. The lowest BCUT2D eigenvalue weighted by atomic mass is 10.4. The van der Waals surface area contributed by atoms with Crippen molar-refractivity contribution in [2.45, 2.75) is 9.79 Å². The summed E-state index contributed by atoms with van der Waals surface area (Å²) in [6, 6.07) is 8.23. The van der Waals surface area contributed by atoms with Gasteiger partial charge in [-0.2, -0.15) is 0 Å². The van der Waals surface area contributed by atoms with Gasteiger partial charge in [-0.25, -0.2) is 0 Å². The zero-order valence-electron chi connectivity index (χ0n) is 9.39. The van der Waals surface area contributed by atoms with Crippen LogP contribution in [-0.2, 0) is 0 Å². The molecule has 0 saturated carbocycles. The summed E-state index contributed by atoms with van der Waals surface area (Å²) >= 11 is 21.3. The zero-order valence-corrected chi connectivity index (χ0v) is 20.5. The average Bonchev–Trinajstić information content (AvgIpc) is 2.43. The minimum Gasteiger partial charge on any atom is -0.0513 e. The van der Waals surface area contributed by atoms with Crippen LogP contribution in [-0.4, -0.2) is 0 Å². The molecule has 0 atom stereocenters. The zero-order chi connectivity index (χ0) is 14.9. The van der Waals surface area contributed by atoms with Crippen LogP contribution in [0.2, 0.25) is 0 Å². The average molecular weight is 692 g/mol. The molecular weight excluding hydrogens is 688 g/mol. The van der Waals surface area contributed by atoms with Gasteiger partial charge in [0.2, 0.25) is 0 Å². The molecule has 0 bridgehead atoms. The van der Waals surface area contributed by atoms with Crippen molar-refractivity contribution in [3.63, 3.8) is 0 Å². The highest BCUT2D eigenvalue weighted by molar-refractivity contribution is 9.15. The Bertz CT molecular complexity index is 601. The van der Waals surface area contributed by atoms with Crippen LogP contribution in [0.1, 0.15) is 0 Å². The van der Waals surface area contributed by atoms with Gasteiger partial charge in [-0.1, -0.05) is 21.6 Å². The SMILES string of the molecule is Brc1ccc(SSc2ccc(Br)c(Br)c2Br)c(Br)c1Br. The fraction of sp³-hybridized carbons (Fsp3) is 0. The van der Waals surface area contributed by atoms with E-state index >= 15 is 0 Å². The second kappa shape index (κ2) is 8.22. The first-order valence-electron chi connectivity index (χ1n) is 5.03. The third-order valence-electron chi connectivity index (χ3n) is 2.22. The highest BCUT2D eigenvalue weighted by atomic mass is 79.9. The summed E-state index contributed by atoms with van der Waals surface area (Å²) in [6.45, 7) is 0. The third kappa shape index (κ3) is 4.30. The fourth-order valence-corrected chi connectivity index (χ4v) is 7.35. The first-order chi connectivity index (χ1) is 9.41. The Morgan fingerprint density at radius 3 is 1.20 bits per heavy atom. The van der Waals surface area contributed by atoms with Crippen LogP contribution in [0.3, 0.4) is 0 Å². The van der Waals surface area contributed by atoms with Crippen molar-refractivity contribution in [2.24, 2.45) is 0 Å². The lowest BCUT2D eigenvalue weighted by Crippen LogP contribution is -1.79. The summed E-state index contributed by atoms with van der Waals surface area (Å²) in [5.74, 6) is 0. The lowest BCUT2D eigenvalue weighted by molar-refractivity contribution is 1.35. The second-order valence-electron chi connectivity index (χ2n) is 3.51. The molecule has 0 aliphatic heterocycles. The number of hydrogen-bond donors (Lipinski definition) is 0. The van der Waals surface area contributed by atoms with Crippen molar-refractivity contribution >= 4 is 117 Å². The quantitative estimate of drug-likeness (QED) is 0.233. The molecule has 0 aromatic heterocycles. The van der Waals surface area contributed by atoms with Crippen LogP contribution >= 0.6 is 117 Å². The highest BCUT2D eigenvalue weighted by Gasteiger charge is 2.12. The van der Waals surface area contributed by atoms with Crippen molar-refractivity contribution in [2.75, 3.05) is 0 Å². The molecule has 0 radical (unpaired) electrons. The Hall–Kier alpha value is 2.02. The largest absolute Gasteiger partial charge is 0.0513 e. The molecule has 0 spiro atoms. The molecule has 2 aromatic carbocycles. The molecule has 20 heavy (non-hydrogen) atoms. The molecule has 8 heteroatoms. The molecule has 0 heterocycles. The Kier molecular flexibility index (Phi) is 7.54. The molecule has 0 N–H and O–H groups in total. The molecule has 0 aliphatic carbocycles. The van der Waals surface area contributed by atoms with E-state index in [-0.39, 0.29) is 0 Å². The molecule has 0 unspecified atom stereocenters. The van der Waals surface area contributed by atoms with Crippen molar-refractivity contribution in [3.8, 4) is 0 Å². The van der Waals surface area contributed by atoms with Gasteiger partial charge in [0.05, 0.1) is 0 Å². The predicted molar refractivity (Wildman–Crippen MR) is 111 cm³/mol. The Labute approximate surface area is 175 Å². The Balaban J connectivity index is 2.22. The fourth-order valence-electron chi connectivity index (χ4n) is 1.23. The first kappa shape index (κ1) is 18.4. The van der Waals surface area contributed by atoms with Crippen molar-refractivity contribution in [1.29, 1.82) is 0 Å². The predicted octanol–water partition coefficient (Wildman–Crippen LogP) is 9.06. The van der Waals surface area contributed by atoms with Crippen LogP contribution < -0.4 is 0 Å². The van der Waals surface area contributed by atoms with E-state index in [1.807, 2.05) is 12.1 Å². The van der Waals surface area contributed by atoms with Crippen LogP contribution in [0.4, 0.5) is 0 Å². The van der Waals surface area contributed by atoms with E-state index in [1.54, 1.807) is 21.6 Å². The van der Waals surface area contributed by atoms with E-state index < -0.39 is 0 Å². The molecule has 0 saturated heterocycles. The van der Waals surface area contributed by atoms with Gasteiger partial charge in [-0.15, -0.1) is 0 Å². The molecule has 0 amide bonds. The van der Waals surface area contributed by atoms with Gasteiger partial charge in [-0.05, 0) is 120 Å². The molecule has 0 aliphatic rings. The van der Waals surface area contributed by atoms with Gasteiger partial charge in [-0.3, -0.25) is 0 Å². The molecule has 0 nitrogen and oxygen atoms in total. The van der Waals surface area contributed by atoms with Gasteiger partial charge in [0.15, 0.2) is 0 Å². The van der Waals surface area contributed by atoms with Gasteiger partial charge in [0, 0.05) is 36.6 Å². The van der Waals surface area contributed by atoms with Gasteiger partial charge >= 0.3 is 0 Å².